The van der Waals surface area contributed by atoms with Crippen LogP contribution in [0.4, 0.5) is 11.4 Å². The molecule has 1 aromatic carbocycles. The van der Waals surface area contributed by atoms with Gasteiger partial charge in [0, 0.05) is 19.1 Å². The highest BCUT2D eigenvalue weighted by Crippen LogP contribution is 2.34. The van der Waals surface area contributed by atoms with Crippen molar-refractivity contribution < 1.29 is 0 Å². The van der Waals surface area contributed by atoms with E-state index >= 15 is 0 Å². The second-order valence-electron chi connectivity index (χ2n) is 4.59. The molecule has 1 fully saturated rings. The predicted molar refractivity (Wildman–Crippen MR) is 64.5 cm³/mol. The molecule has 1 unspecified atom stereocenters. The molecular formula is C13H18N2. The Bertz CT molecular complexity index is 348. The Morgan fingerprint density at radius 2 is 2.07 bits per heavy atom. The van der Waals surface area contributed by atoms with Crippen molar-refractivity contribution >= 4 is 11.4 Å². The van der Waals surface area contributed by atoms with E-state index in [1.54, 1.807) is 0 Å². The lowest BCUT2D eigenvalue weighted by Crippen LogP contribution is -2.43. The zero-order chi connectivity index (χ0) is 10.1. The minimum Gasteiger partial charge on any atom is -0.381 e. The summed E-state index contributed by atoms with van der Waals surface area (Å²) in [5.74, 6) is 0. The standard InChI is InChI=1S/C13H18N2/c1-2-6-11-10-14-12-7-3-4-8-13(12)15(11)9-5-1/h3-4,7-8,11,14H,1-2,5-6,9-10H2. The molecule has 3 rings (SSSR count). The number of hydrogen-bond donors (Lipinski definition) is 1. The highest BCUT2D eigenvalue weighted by Gasteiger charge is 2.26. The van der Waals surface area contributed by atoms with Crippen molar-refractivity contribution in [2.24, 2.45) is 0 Å². The molecule has 2 nitrogen and oxygen atoms in total. The van der Waals surface area contributed by atoms with Gasteiger partial charge >= 0.3 is 0 Å². The molecule has 0 spiro atoms. The van der Waals surface area contributed by atoms with E-state index in [1.807, 2.05) is 0 Å². The maximum Gasteiger partial charge on any atom is 0.0605 e. The summed E-state index contributed by atoms with van der Waals surface area (Å²) in [6.07, 6.45) is 5.49. The van der Waals surface area contributed by atoms with Gasteiger partial charge in [-0.2, -0.15) is 0 Å². The molecule has 15 heavy (non-hydrogen) atoms. The van der Waals surface area contributed by atoms with E-state index in [0.717, 1.165) is 12.6 Å². The molecule has 1 aromatic rings. The Morgan fingerprint density at radius 3 is 3.07 bits per heavy atom. The van der Waals surface area contributed by atoms with Crippen molar-refractivity contribution in [1.82, 2.24) is 0 Å². The van der Waals surface area contributed by atoms with Crippen molar-refractivity contribution in [1.29, 1.82) is 0 Å². The molecule has 0 aromatic heterocycles. The zero-order valence-corrected chi connectivity index (χ0v) is 9.08. The molecule has 0 bridgehead atoms. The van der Waals surface area contributed by atoms with Crippen molar-refractivity contribution in [2.45, 2.75) is 31.7 Å². The topological polar surface area (TPSA) is 15.3 Å². The van der Waals surface area contributed by atoms with Crippen molar-refractivity contribution in [3.8, 4) is 0 Å². The molecule has 0 aliphatic carbocycles. The van der Waals surface area contributed by atoms with Crippen LogP contribution in [0.25, 0.3) is 0 Å². The minimum absolute atomic E-state index is 0.724. The average Bonchev–Trinajstić information content (AvgIpc) is 2.54. The van der Waals surface area contributed by atoms with Gasteiger partial charge in [0.1, 0.15) is 0 Å². The van der Waals surface area contributed by atoms with Crippen molar-refractivity contribution in [2.75, 3.05) is 23.3 Å². The zero-order valence-electron chi connectivity index (χ0n) is 9.08. The molecule has 0 radical (unpaired) electrons. The lowest BCUT2D eigenvalue weighted by molar-refractivity contribution is 0.583. The fourth-order valence-electron chi connectivity index (χ4n) is 2.81. The quantitative estimate of drug-likeness (QED) is 0.696. The summed E-state index contributed by atoms with van der Waals surface area (Å²) in [5.41, 5.74) is 2.73. The van der Waals surface area contributed by atoms with Crippen LogP contribution in [0.1, 0.15) is 25.7 Å². The maximum absolute atomic E-state index is 3.55. The fraction of sp³-hybridized carbons (Fsp3) is 0.538. The molecule has 0 amide bonds. The molecule has 0 saturated carbocycles. The number of anilines is 2. The van der Waals surface area contributed by atoms with Gasteiger partial charge in [0.2, 0.25) is 0 Å². The summed E-state index contributed by atoms with van der Waals surface area (Å²) in [5, 5.41) is 3.55. The summed E-state index contributed by atoms with van der Waals surface area (Å²) < 4.78 is 0. The highest BCUT2D eigenvalue weighted by atomic mass is 15.2. The van der Waals surface area contributed by atoms with Crippen LogP contribution in [0, 0.1) is 0 Å². The van der Waals surface area contributed by atoms with Crippen molar-refractivity contribution in [3.05, 3.63) is 24.3 Å². The molecule has 1 N–H and O–H groups in total. The highest BCUT2D eigenvalue weighted by molar-refractivity contribution is 5.72. The largest absolute Gasteiger partial charge is 0.381 e. The van der Waals surface area contributed by atoms with Gasteiger partial charge in [0.25, 0.3) is 0 Å². The van der Waals surface area contributed by atoms with E-state index in [-0.39, 0.29) is 0 Å². The second-order valence-corrected chi connectivity index (χ2v) is 4.59. The number of nitrogens with one attached hydrogen (secondary N) is 1. The molecule has 2 aliphatic heterocycles. The smallest absolute Gasteiger partial charge is 0.0605 e. The summed E-state index contributed by atoms with van der Waals surface area (Å²) in [6.45, 7) is 2.36. The van der Waals surface area contributed by atoms with Crippen LogP contribution < -0.4 is 10.2 Å². The van der Waals surface area contributed by atoms with E-state index in [9.17, 15) is 0 Å². The Balaban J connectivity index is 1.96. The first kappa shape index (κ1) is 9.08. The Morgan fingerprint density at radius 1 is 1.13 bits per heavy atom. The first-order chi connectivity index (χ1) is 7.45. The molecule has 2 heteroatoms. The van der Waals surface area contributed by atoms with Crippen LogP contribution >= 0.6 is 0 Å². The first-order valence-electron chi connectivity index (χ1n) is 6.05. The summed E-state index contributed by atoms with van der Waals surface area (Å²) in [6, 6.07) is 9.43. The summed E-state index contributed by atoms with van der Waals surface area (Å²) in [7, 11) is 0. The van der Waals surface area contributed by atoms with Crippen LogP contribution in [0.2, 0.25) is 0 Å². The molecule has 2 aliphatic rings. The maximum atomic E-state index is 3.55. The van der Waals surface area contributed by atoms with E-state index < -0.39 is 0 Å². The van der Waals surface area contributed by atoms with Gasteiger partial charge in [-0.25, -0.2) is 0 Å². The average molecular weight is 202 g/mol. The van der Waals surface area contributed by atoms with Gasteiger partial charge in [-0.15, -0.1) is 0 Å². The lowest BCUT2D eigenvalue weighted by atomic mass is 10.1. The third-order valence-corrected chi connectivity index (χ3v) is 3.62. The monoisotopic (exact) mass is 202 g/mol. The Kier molecular flexibility index (Phi) is 2.28. The van der Waals surface area contributed by atoms with E-state index in [0.29, 0.717) is 0 Å². The number of hydrogen-bond acceptors (Lipinski definition) is 2. The van der Waals surface area contributed by atoms with Crippen LogP contribution in [-0.2, 0) is 0 Å². The van der Waals surface area contributed by atoms with Gasteiger partial charge < -0.3 is 10.2 Å². The van der Waals surface area contributed by atoms with Gasteiger partial charge in [-0.1, -0.05) is 25.0 Å². The van der Waals surface area contributed by atoms with Gasteiger partial charge in [0.05, 0.1) is 11.4 Å². The number of nitrogens with zero attached hydrogens (tertiary/aromatic N) is 1. The number of rotatable bonds is 0. The molecular weight excluding hydrogens is 184 g/mol. The van der Waals surface area contributed by atoms with E-state index in [1.165, 1.54) is 43.6 Å². The molecule has 1 atom stereocenters. The molecule has 80 valence electrons. The predicted octanol–water partition coefficient (Wildman–Crippen LogP) is 2.86. The fourth-order valence-corrected chi connectivity index (χ4v) is 2.81. The van der Waals surface area contributed by atoms with E-state index in [4.69, 9.17) is 0 Å². The summed E-state index contributed by atoms with van der Waals surface area (Å²) >= 11 is 0. The SMILES string of the molecule is c1ccc2c(c1)NCC1CCCCCN21. The third-order valence-electron chi connectivity index (χ3n) is 3.62. The summed E-state index contributed by atoms with van der Waals surface area (Å²) in [4.78, 5) is 2.61. The third kappa shape index (κ3) is 1.58. The second kappa shape index (κ2) is 3.76. The minimum atomic E-state index is 0.724. The normalized spacial score (nSPS) is 24.8. The molecule has 2 heterocycles. The van der Waals surface area contributed by atoms with Gasteiger partial charge in [-0.05, 0) is 25.0 Å². The van der Waals surface area contributed by atoms with Gasteiger partial charge in [-0.3, -0.25) is 0 Å². The first-order valence-corrected chi connectivity index (χ1v) is 6.05. The van der Waals surface area contributed by atoms with Crippen LogP contribution in [0.3, 0.4) is 0 Å². The van der Waals surface area contributed by atoms with Crippen LogP contribution in [-0.4, -0.2) is 19.1 Å². The van der Waals surface area contributed by atoms with Gasteiger partial charge in [0.15, 0.2) is 0 Å². The van der Waals surface area contributed by atoms with E-state index in [2.05, 4.69) is 34.5 Å². The number of fused-ring (bicyclic) bond motifs is 3. The molecule has 1 saturated heterocycles. The number of para-hydroxylation sites is 2. The lowest BCUT2D eigenvalue weighted by Gasteiger charge is -2.38. The van der Waals surface area contributed by atoms with Crippen LogP contribution in [0.5, 0.6) is 0 Å². The number of benzene rings is 1. The van der Waals surface area contributed by atoms with Crippen LogP contribution in [0.15, 0.2) is 24.3 Å². The Hall–Kier alpha value is -1.18. The Labute approximate surface area is 91.3 Å². The van der Waals surface area contributed by atoms with Crippen molar-refractivity contribution in [3.63, 3.8) is 0 Å².